The van der Waals surface area contributed by atoms with Crippen LogP contribution in [0.2, 0.25) is 0 Å². The Kier molecular flexibility index (Phi) is 5.28. The van der Waals surface area contributed by atoms with Gasteiger partial charge in [0, 0.05) is 17.5 Å². The van der Waals surface area contributed by atoms with Crippen LogP contribution in [0.15, 0.2) is 24.3 Å². The number of benzene rings is 1. The fraction of sp³-hybridized carbons (Fsp3) is 0.526. The number of carbonyl (C=O) groups excluding carboxylic acids is 3. The van der Waals surface area contributed by atoms with Crippen molar-refractivity contribution in [1.29, 1.82) is 0 Å². The van der Waals surface area contributed by atoms with Gasteiger partial charge in [-0.25, -0.2) is 4.79 Å². The van der Waals surface area contributed by atoms with Gasteiger partial charge in [0.25, 0.3) is 0 Å². The van der Waals surface area contributed by atoms with Crippen LogP contribution in [-0.4, -0.2) is 24.3 Å². The summed E-state index contributed by atoms with van der Waals surface area (Å²) in [4.78, 5) is 35.8. The van der Waals surface area contributed by atoms with Crippen LogP contribution in [-0.2, 0) is 14.3 Å². The molecule has 0 heterocycles. The monoisotopic (exact) mass is 329 g/mol. The molecule has 1 aromatic carbocycles. The predicted octanol–water partition coefficient (Wildman–Crippen LogP) is 3.34. The van der Waals surface area contributed by atoms with Crippen LogP contribution in [0.25, 0.3) is 0 Å². The average molecular weight is 329 g/mol. The minimum atomic E-state index is -0.501. The first-order valence-corrected chi connectivity index (χ1v) is 8.74. The fourth-order valence-corrected chi connectivity index (χ4v) is 3.04. The topological polar surface area (TPSA) is 72.5 Å². The van der Waals surface area contributed by atoms with Crippen LogP contribution in [0.1, 0.15) is 55.3 Å². The maximum atomic E-state index is 12.1. The summed E-state index contributed by atoms with van der Waals surface area (Å²) in [5.74, 6) is -0.258. The summed E-state index contributed by atoms with van der Waals surface area (Å²) in [6.07, 6.45) is 7.07. The molecule has 0 bridgehead atoms. The maximum Gasteiger partial charge on any atom is 0.338 e. The lowest BCUT2D eigenvalue weighted by molar-refractivity contribution is -0.127. The molecular formula is C19H23NO4. The Morgan fingerprint density at radius 1 is 0.917 bits per heavy atom. The zero-order valence-electron chi connectivity index (χ0n) is 13.8. The van der Waals surface area contributed by atoms with Crippen LogP contribution in [0.5, 0.6) is 0 Å². The highest BCUT2D eigenvalue weighted by atomic mass is 16.5. The lowest BCUT2D eigenvalue weighted by Gasteiger charge is -2.19. The van der Waals surface area contributed by atoms with Gasteiger partial charge in [0.05, 0.1) is 5.56 Å². The summed E-state index contributed by atoms with van der Waals surface area (Å²) in [5.41, 5.74) is 1.05. The highest BCUT2D eigenvalue weighted by Crippen LogP contribution is 2.30. The number of ketones is 1. The molecule has 0 saturated heterocycles. The molecule has 1 N–H and O–H groups in total. The van der Waals surface area contributed by atoms with Gasteiger partial charge in [0.2, 0.25) is 5.91 Å². The number of ether oxygens (including phenoxy) is 1. The van der Waals surface area contributed by atoms with E-state index in [4.69, 9.17) is 4.74 Å². The molecule has 0 atom stereocenters. The van der Waals surface area contributed by atoms with Crippen molar-refractivity contribution in [3.63, 3.8) is 0 Å². The van der Waals surface area contributed by atoms with Gasteiger partial charge in [-0.1, -0.05) is 19.3 Å². The van der Waals surface area contributed by atoms with Crippen molar-refractivity contribution in [2.24, 2.45) is 11.8 Å². The molecule has 0 unspecified atom stereocenters. The summed E-state index contributed by atoms with van der Waals surface area (Å²) in [6.45, 7) is -0.149. The number of Topliss-reactive ketones (excluding diaryl/α,β-unsaturated/α-hetero) is 1. The molecule has 24 heavy (non-hydrogen) atoms. The Morgan fingerprint density at radius 3 is 2.21 bits per heavy atom. The van der Waals surface area contributed by atoms with Gasteiger partial charge in [-0.15, -0.1) is 0 Å². The van der Waals surface area contributed by atoms with Gasteiger partial charge in [-0.2, -0.15) is 0 Å². The fourth-order valence-electron chi connectivity index (χ4n) is 3.04. The number of amides is 1. The standard InChI is InChI=1S/C19H23NO4/c21-17(13-4-2-1-3-5-13)12-24-19(23)15-8-10-16(11-9-15)20-18(22)14-6-7-14/h8-11,13-14H,1-7,12H2,(H,20,22). The summed E-state index contributed by atoms with van der Waals surface area (Å²) in [5, 5.41) is 2.82. The van der Waals surface area contributed by atoms with Crippen molar-refractivity contribution in [3.05, 3.63) is 29.8 Å². The molecule has 5 heteroatoms. The number of nitrogens with one attached hydrogen (secondary N) is 1. The number of hydrogen-bond acceptors (Lipinski definition) is 4. The minimum Gasteiger partial charge on any atom is -0.454 e. The van der Waals surface area contributed by atoms with Crippen molar-refractivity contribution < 1.29 is 19.1 Å². The van der Waals surface area contributed by atoms with Gasteiger partial charge in [-0.05, 0) is 49.9 Å². The second kappa shape index (κ2) is 7.60. The minimum absolute atomic E-state index is 0.0244. The first-order chi connectivity index (χ1) is 11.6. The van der Waals surface area contributed by atoms with Crippen LogP contribution in [0.3, 0.4) is 0 Å². The Bertz CT molecular complexity index is 613. The third-order valence-electron chi connectivity index (χ3n) is 4.74. The summed E-state index contributed by atoms with van der Waals surface area (Å²) < 4.78 is 5.14. The number of hydrogen-bond donors (Lipinski definition) is 1. The van der Waals surface area contributed by atoms with Crippen molar-refractivity contribution in [1.82, 2.24) is 0 Å². The highest BCUT2D eigenvalue weighted by molar-refractivity contribution is 5.95. The maximum absolute atomic E-state index is 12.1. The quantitative estimate of drug-likeness (QED) is 0.813. The Labute approximate surface area is 141 Å². The van der Waals surface area contributed by atoms with Crippen LogP contribution in [0.4, 0.5) is 5.69 Å². The zero-order chi connectivity index (χ0) is 16.9. The van der Waals surface area contributed by atoms with Gasteiger partial charge < -0.3 is 10.1 Å². The van der Waals surface area contributed by atoms with E-state index >= 15 is 0 Å². The molecular weight excluding hydrogens is 306 g/mol. The van der Waals surface area contributed by atoms with Gasteiger partial charge in [0.15, 0.2) is 12.4 Å². The van der Waals surface area contributed by atoms with E-state index < -0.39 is 5.97 Å². The number of carbonyl (C=O) groups is 3. The van der Waals surface area contributed by atoms with E-state index in [1.54, 1.807) is 24.3 Å². The lowest BCUT2D eigenvalue weighted by Crippen LogP contribution is -2.23. The molecule has 1 amide bonds. The van der Waals surface area contributed by atoms with E-state index in [9.17, 15) is 14.4 Å². The SMILES string of the molecule is O=C(OCC(=O)C1CCCCC1)c1ccc(NC(=O)C2CC2)cc1. The van der Waals surface area contributed by atoms with E-state index in [-0.39, 0.29) is 30.1 Å². The van der Waals surface area contributed by atoms with Gasteiger partial charge in [0.1, 0.15) is 0 Å². The lowest BCUT2D eigenvalue weighted by atomic mass is 9.86. The van der Waals surface area contributed by atoms with E-state index in [1.807, 2.05) is 0 Å². The van der Waals surface area contributed by atoms with Gasteiger partial charge in [-0.3, -0.25) is 9.59 Å². The average Bonchev–Trinajstić information content (AvgIpc) is 3.46. The van der Waals surface area contributed by atoms with Crippen LogP contribution in [0, 0.1) is 11.8 Å². The van der Waals surface area contributed by atoms with Crippen molar-refractivity contribution in [3.8, 4) is 0 Å². The zero-order valence-corrected chi connectivity index (χ0v) is 13.8. The Morgan fingerprint density at radius 2 is 1.58 bits per heavy atom. The molecule has 1 aromatic rings. The molecule has 0 radical (unpaired) electrons. The first-order valence-electron chi connectivity index (χ1n) is 8.74. The third kappa shape index (κ3) is 4.43. The largest absolute Gasteiger partial charge is 0.454 e. The number of anilines is 1. The molecule has 0 aromatic heterocycles. The van der Waals surface area contributed by atoms with Gasteiger partial charge >= 0.3 is 5.97 Å². The van der Waals surface area contributed by atoms with E-state index in [0.717, 1.165) is 38.5 Å². The van der Waals surface area contributed by atoms with E-state index in [0.29, 0.717) is 11.3 Å². The Balaban J connectivity index is 1.47. The summed E-state index contributed by atoms with van der Waals surface area (Å²) >= 11 is 0. The molecule has 2 fully saturated rings. The molecule has 2 aliphatic carbocycles. The predicted molar refractivity (Wildman–Crippen MR) is 89.7 cm³/mol. The summed E-state index contributed by atoms with van der Waals surface area (Å²) in [6, 6.07) is 6.57. The normalized spacial score (nSPS) is 18.0. The molecule has 0 aliphatic heterocycles. The van der Waals surface area contributed by atoms with Crippen molar-refractivity contribution in [2.75, 3.05) is 11.9 Å². The second-order valence-corrected chi connectivity index (χ2v) is 6.72. The first kappa shape index (κ1) is 16.7. The molecule has 2 saturated carbocycles. The smallest absolute Gasteiger partial charge is 0.338 e. The highest BCUT2D eigenvalue weighted by Gasteiger charge is 2.29. The molecule has 3 rings (SSSR count). The number of rotatable bonds is 6. The van der Waals surface area contributed by atoms with E-state index in [1.165, 1.54) is 6.42 Å². The Hall–Kier alpha value is -2.17. The van der Waals surface area contributed by atoms with Crippen LogP contribution < -0.4 is 5.32 Å². The summed E-state index contributed by atoms with van der Waals surface area (Å²) in [7, 11) is 0. The second-order valence-electron chi connectivity index (χ2n) is 6.72. The molecule has 2 aliphatic rings. The van der Waals surface area contributed by atoms with Crippen molar-refractivity contribution in [2.45, 2.75) is 44.9 Å². The molecule has 0 spiro atoms. The number of esters is 1. The van der Waals surface area contributed by atoms with Crippen LogP contribution >= 0.6 is 0 Å². The van der Waals surface area contributed by atoms with E-state index in [2.05, 4.69) is 5.32 Å². The van der Waals surface area contributed by atoms with Crippen molar-refractivity contribution >= 4 is 23.3 Å². The molecule has 128 valence electrons. The third-order valence-corrected chi connectivity index (χ3v) is 4.74. The molecule has 5 nitrogen and oxygen atoms in total.